The molecule has 0 bridgehead atoms. The normalized spacial score (nSPS) is 28.4. The number of para-hydroxylation sites is 1. The number of rotatable bonds is 16. The lowest BCUT2D eigenvalue weighted by Crippen LogP contribution is -2.41. The van der Waals surface area contributed by atoms with Crippen LogP contribution < -0.4 is 36.6 Å². The van der Waals surface area contributed by atoms with E-state index in [4.69, 9.17) is 56.8 Å². The molecule has 29 nitrogen and oxygen atoms in total. The van der Waals surface area contributed by atoms with Crippen LogP contribution in [0.25, 0.3) is 33.5 Å². The van der Waals surface area contributed by atoms with Gasteiger partial charge in [0.05, 0.1) is 44.4 Å². The molecule has 0 amide bonds. The van der Waals surface area contributed by atoms with Crippen molar-refractivity contribution in [2.75, 3.05) is 68.4 Å². The Hall–Kier alpha value is -6.87. The summed E-state index contributed by atoms with van der Waals surface area (Å²) in [5, 5.41) is 32.8. The van der Waals surface area contributed by atoms with E-state index in [-0.39, 0.29) is 46.4 Å². The van der Waals surface area contributed by atoms with Crippen molar-refractivity contribution in [2.45, 2.75) is 140 Å². The van der Waals surface area contributed by atoms with E-state index in [2.05, 4.69) is 49.9 Å². The lowest BCUT2D eigenvalue weighted by molar-refractivity contribution is -0.149. The Kier molecular flexibility index (Phi) is 18.7. The van der Waals surface area contributed by atoms with Crippen molar-refractivity contribution in [1.29, 1.82) is 0 Å². The van der Waals surface area contributed by atoms with Crippen LogP contribution in [0.1, 0.15) is 80.5 Å². The number of carbonyl (C=O) groups is 1. The minimum Gasteiger partial charge on any atom is -0.462 e. The number of nitrogen functional groups attached to an aromatic ring is 3. The second kappa shape index (κ2) is 24.8. The maximum absolute atomic E-state index is 16.0. The number of nitrogens with zero attached hydrogens (tertiary/aromatic N) is 14. The quantitative estimate of drug-likeness (QED) is 0.0389. The molecule has 14 atom stereocenters. The van der Waals surface area contributed by atoms with Crippen LogP contribution in [-0.4, -0.2) is 181 Å². The third kappa shape index (κ3) is 12.8. The number of aromatic nitrogens is 12. The molecule has 3 aliphatic heterocycles. The van der Waals surface area contributed by atoms with Crippen LogP contribution in [-0.2, 0) is 32.8 Å². The lowest BCUT2D eigenvalue weighted by Gasteiger charge is -2.25. The third-order valence-electron chi connectivity index (χ3n) is 14.5. The Balaban J connectivity index is 0.000000180. The highest BCUT2D eigenvalue weighted by molar-refractivity contribution is 7.52. The molecule has 10 N–H and O–H groups in total. The Morgan fingerprint density at radius 2 is 1.16 bits per heavy atom. The van der Waals surface area contributed by atoms with Gasteiger partial charge >= 0.3 is 13.7 Å². The van der Waals surface area contributed by atoms with Gasteiger partial charge < -0.3 is 65.8 Å². The molecule has 6 aromatic heterocycles. The molecular weight excluding hydrogens is 1160 g/mol. The van der Waals surface area contributed by atoms with Crippen molar-refractivity contribution in [3.05, 3.63) is 54.5 Å². The molecule has 10 rings (SSSR count). The van der Waals surface area contributed by atoms with Crippen LogP contribution in [0.3, 0.4) is 0 Å². The van der Waals surface area contributed by atoms with Gasteiger partial charge in [0.25, 0.3) is 0 Å². The first kappa shape index (κ1) is 64.1. The van der Waals surface area contributed by atoms with Crippen molar-refractivity contribution in [3.63, 3.8) is 0 Å². The van der Waals surface area contributed by atoms with Crippen LogP contribution in [0.2, 0.25) is 5.15 Å². The number of alkyl halides is 3. The van der Waals surface area contributed by atoms with Crippen molar-refractivity contribution in [2.24, 2.45) is 5.92 Å². The number of benzene rings is 1. The Labute approximate surface area is 490 Å². The van der Waals surface area contributed by atoms with E-state index in [0.29, 0.717) is 39.5 Å². The van der Waals surface area contributed by atoms with Crippen LogP contribution in [0.4, 0.5) is 42.7 Å². The zero-order chi connectivity index (χ0) is 62.4. The summed E-state index contributed by atoms with van der Waals surface area (Å²) in [4.78, 5) is 53.0. The first-order valence-corrected chi connectivity index (χ1v) is 28.7. The number of imidazole rings is 3. The second-order valence-corrected chi connectivity index (χ2v) is 23.8. The highest BCUT2D eigenvalue weighted by Crippen LogP contribution is 2.50. The number of ether oxygens (including phenoxy) is 4. The number of aliphatic hydroxyl groups is 3. The molecule has 1 unspecified atom stereocenters. The molecule has 7 aromatic rings. The zero-order valence-corrected chi connectivity index (χ0v) is 50.3. The summed E-state index contributed by atoms with van der Waals surface area (Å²) in [6, 6.07) is 7.06. The number of carbonyl (C=O) groups excluding carboxylic acids is 1. The largest absolute Gasteiger partial charge is 0.462 e. The van der Waals surface area contributed by atoms with Crippen LogP contribution in [0, 0.1) is 5.92 Å². The Morgan fingerprint density at radius 1 is 0.729 bits per heavy atom. The molecule has 9 heterocycles. The predicted molar refractivity (Wildman–Crippen MR) is 306 cm³/mol. The van der Waals surface area contributed by atoms with E-state index in [1.807, 2.05) is 13.8 Å². The fourth-order valence-corrected chi connectivity index (χ4v) is 11.6. The van der Waals surface area contributed by atoms with E-state index < -0.39 is 99.2 Å². The molecule has 1 aromatic carbocycles. The van der Waals surface area contributed by atoms with E-state index in [0.717, 1.165) is 13.3 Å². The van der Waals surface area contributed by atoms with Gasteiger partial charge in [0.1, 0.15) is 41.7 Å². The number of nitrogens with one attached hydrogen (secondary N) is 1. The lowest BCUT2D eigenvalue weighted by atomic mass is 9.88. The minimum absolute atomic E-state index is 0.0146. The molecular formula is C51H71ClF3N18O11P. The molecule has 34 heteroatoms. The molecule has 3 aliphatic rings. The van der Waals surface area contributed by atoms with Gasteiger partial charge in [-0.1, -0.05) is 43.6 Å². The van der Waals surface area contributed by atoms with Crippen molar-refractivity contribution in [3.8, 4) is 5.75 Å². The highest BCUT2D eigenvalue weighted by Gasteiger charge is 2.57. The SMILES string of the molecule is CC(C)OC(=O)[C@H](C)NP(=O)(OC[C@H]1O[C@@H](n2cnc3c(N(C)C)nc(N)nc32)[C@](C)(F)[C@@H]1O)Oc1ccccc1.CC[C@H]1O[C@@H](n2cnc3c(Cl)nc(N)nc32)[C@](C)(F)[C@@H]1C.CN(C)c1nc(N)nc2c1ncn2[C@@H]1O[C@H](CO)[C@@H](O)[C@@]1(C)F. The fourth-order valence-electron chi connectivity index (χ4n) is 9.88. The topological polar surface area (TPSA) is 378 Å². The van der Waals surface area contributed by atoms with Gasteiger partial charge in [0.15, 0.2) is 80.5 Å². The number of aliphatic hydroxyl groups excluding tert-OH is 3. The molecule has 0 radical (unpaired) electrons. The first-order valence-electron chi connectivity index (χ1n) is 26.8. The molecule has 0 saturated carbocycles. The number of nitrogens with two attached hydrogens (primary N) is 3. The Morgan fingerprint density at radius 3 is 1.61 bits per heavy atom. The Bertz CT molecular complexity index is 3550. The smallest absolute Gasteiger partial charge is 0.459 e. The molecule has 85 heavy (non-hydrogen) atoms. The monoisotopic (exact) mass is 1230 g/mol. The average Bonchev–Trinajstić information content (AvgIpc) is 2.07. The number of fused-ring (bicyclic) bond motifs is 3. The number of esters is 1. The summed E-state index contributed by atoms with van der Waals surface area (Å²) >= 11 is 6.00. The second-order valence-electron chi connectivity index (χ2n) is 21.8. The van der Waals surface area contributed by atoms with Crippen LogP contribution in [0.5, 0.6) is 5.75 Å². The van der Waals surface area contributed by atoms with E-state index >= 15 is 8.78 Å². The number of anilines is 5. The van der Waals surface area contributed by atoms with Gasteiger partial charge in [-0.25, -0.2) is 32.7 Å². The summed E-state index contributed by atoms with van der Waals surface area (Å²) in [5.41, 5.74) is 13.2. The zero-order valence-electron chi connectivity index (χ0n) is 48.7. The average molecular weight is 1240 g/mol. The van der Waals surface area contributed by atoms with Gasteiger partial charge in [-0.3, -0.25) is 23.0 Å². The van der Waals surface area contributed by atoms with Gasteiger partial charge in [-0.05, 0) is 60.1 Å². The van der Waals surface area contributed by atoms with Crippen LogP contribution >= 0.6 is 19.3 Å². The summed E-state index contributed by atoms with van der Waals surface area (Å²) in [6.45, 7) is 11.5. The van der Waals surface area contributed by atoms with Gasteiger partial charge in [-0.15, -0.1) is 0 Å². The first-order chi connectivity index (χ1) is 39.8. The fraction of sp³-hybridized carbons (Fsp3) is 0.569. The molecule has 464 valence electrons. The molecule has 0 aliphatic carbocycles. The van der Waals surface area contributed by atoms with Crippen molar-refractivity contribution in [1.82, 2.24) is 63.6 Å². The summed E-state index contributed by atoms with van der Waals surface area (Å²) < 4.78 is 97.7. The summed E-state index contributed by atoms with van der Waals surface area (Å²) in [5.74, 6) is 0.155. The van der Waals surface area contributed by atoms with Gasteiger partial charge in [-0.2, -0.15) is 35.0 Å². The van der Waals surface area contributed by atoms with Gasteiger partial charge in [0, 0.05) is 34.1 Å². The third-order valence-corrected chi connectivity index (χ3v) is 16.4. The standard InChI is InChI=1S/C25H35FN7O7P.C13H17ClFN5O.C13H19FN6O3/c1-14(2)38-22(35)15(3)31-41(36,40-16-10-8-7-9-11-16)37-12-17-19(34)25(4,26)23(39-17)33-13-28-18-20(32(5)6)29-24(27)30-21(18)33;1-4-7-6(2)13(3,15)11(21-7)20-5-17-8-9(14)18-12(16)19-10(8)20;1-13(14)8(22)6(4-21)23-11(13)20-5-16-7-9(19(2)3)17-12(15)18-10(7)20/h7-11,13-15,17,19,23,34H,12H2,1-6H3,(H,31,36)(H2,27,29,30);5-7,11H,4H2,1-3H3,(H2,16,18,19);5-6,8,11,21-22H,4H2,1-3H3,(H2,15,17,18)/t15-,17+,19+,23+,25+,41?;6-,7-,11-,13-;6-,8-,11-,13-/m011/s1. The number of hydrogen-bond acceptors (Lipinski definition) is 25. The minimum atomic E-state index is -4.28. The van der Waals surface area contributed by atoms with E-state index in [9.17, 15) is 29.1 Å². The van der Waals surface area contributed by atoms with Crippen molar-refractivity contribution < 1.29 is 65.8 Å². The predicted octanol–water partition coefficient (Wildman–Crippen LogP) is 4.78. The summed E-state index contributed by atoms with van der Waals surface area (Å²) in [7, 11) is 2.76. The maximum atomic E-state index is 16.0. The van der Waals surface area contributed by atoms with Gasteiger partial charge in [0.2, 0.25) is 17.8 Å². The van der Waals surface area contributed by atoms with Crippen molar-refractivity contribution >= 4 is 88.3 Å². The van der Waals surface area contributed by atoms with Crippen LogP contribution in [0.15, 0.2) is 49.3 Å². The van der Waals surface area contributed by atoms with E-state index in [1.54, 1.807) is 86.7 Å². The maximum Gasteiger partial charge on any atom is 0.459 e. The molecule has 3 saturated heterocycles. The molecule has 0 spiro atoms. The van der Waals surface area contributed by atoms with E-state index in [1.165, 1.54) is 48.9 Å². The number of hydrogen-bond donors (Lipinski definition) is 7. The summed E-state index contributed by atoms with van der Waals surface area (Å²) in [6.07, 6.45) is -4.59. The number of halogens is 4. The molecule has 3 fully saturated rings. The highest BCUT2D eigenvalue weighted by atomic mass is 35.5.